The number of aliphatic hydroxyl groups excluding tert-OH is 1. The highest BCUT2D eigenvalue weighted by atomic mass is 28.4. The number of hydrogen-bond donors (Lipinski definition) is 1. The lowest BCUT2D eigenvalue weighted by Gasteiger charge is -2.49. The van der Waals surface area contributed by atoms with Gasteiger partial charge in [-0.2, -0.15) is 0 Å². The van der Waals surface area contributed by atoms with Crippen molar-refractivity contribution in [2.45, 2.75) is 90.3 Å². The van der Waals surface area contributed by atoms with Gasteiger partial charge in [-0.1, -0.05) is 45.4 Å². The predicted molar refractivity (Wildman–Crippen MR) is 124 cm³/mol. The Morgan fingerprint density at radius 2 is 1.93 bits per heavy atom. The number of fused-ring (bicyclic) bond motifs is 5. The Labute approximate surface area is 178 Å². The van der Waals surface area contributed by atoms with Crippen LogP contribution in [0, 0.1) is 17.3 Å². The van der Waals surface area contributed by atoms with E-state index in [0.29, 0.717) is 11.3 Å². The number of benzene rings is 1. The predicted octanol–water partition coefficient (Wildman–Crippen LogP) is 6.85. The lowest BCUT2D eigenvalue weighted by atomic mass is 9.55. The van der Waals surface area contributed by atoms with E-state index in [0.717, 1.165) is 17.6 Å². The normalized spacial score (nSPS) is 33.2. The molecule has 0 aromatic heterocycles. The molecule has 0 radical (unpaired) electrons. The smallest absolute Gasteiger partial charge is 0.250 e. The topological polar surface area (TPSA) is 29.5 Å². The van der Waals surface area contributed by atoms with Crippen LogP contribution in [0.25, 0.3) is 0 Å². The van der Waals surface area contributed by atoms with Gasteiger partial charge in [0.1, 0.15) is 5.75 Å². The van der Waals surface area contributed by atoms with Crippen LogP contribution in [0.5, 0.6) is 5.75 Å². The number of hydrogen-bond acceptors (Lipinski definition) is 2. The number of aliphatic hydroxyl groups is 1. The van der Waals surface area contributed by atoms with Crippen LogP contribution in [0.2, 0.25) is 18.1 Å². The summed E-state index contributed by atoms with van der Waals surface area (Å²) < 4.78 is 6.60. The summed E-state index contributed by atoms with van der Waals surface area (Å²) in [5.74, 6) is 3.39. The minimum absolute atomic E-state index is 0.200. The number of aryl methyl sites for hydroxylation is 1. The Morgan fingerprint density at radius 3 is 2.62 bits per heavy atom. The first-order valence-corrected chi connectivity index (χ1v) is 14.6. The van der Waals surface area contributed by atoms with Crippen molar-refractivity contribution >= 4 is 8.32 Å². The van der Waals surface area contributed by atoms with Crippen molar-refractivity contribution in [3.63, 3.8) is 0 Å². The number of rotatable bonds is 3. The maximum Gasteiger partial charge on any atom is 0.250 e. The fraction of sp³-hybridized carbons (Fsp3) is 0.692. The van der Waals surface area contributed by atoms with Gasteiger partial charge in [-0.15, -0.1) is 0 Å². The van der Waals surface area contributed by atoms with E-state index in [9.17, 15) is 5.11 Å². The summed E-state index contributed by atoms with van der Waals surface area (Å²) in [4.78, 5) is 0. The maximum absolute atomic E-state index is 9.47. The molecule has 0 amide bonds. The third kappa shape index (κ3) is 3.52. The molecule has 3 unspecified atom stereocenters. The van der Waals surface area contributed by atoms with Gasteiger partial charge in [0, 0.05) is 0 Å². The molecule has 1 N–H and O–H groups in total. The highest BCUT2D eigenvalue weighted by Crippen LogP contribution is 2.62. The fourth-order valence-electron chi connectivity index (χ4n) is 6.36. The Bertz CT molecular complexity index is 803. The van der Waals surface area contributed by atoms with Crippen LogP contribution in [-0.2, 0) is 6.42 Å². The molecule has 3 aliphatic carbocycles. The molecular formula is C26H40O2Si. The zero-order valence-corrected chi connectivity index (χ0v) is 20.3. The zero-order chi connectivity index (χ0) is 21.0. The second-order valence-corrected chi connectivity index (χ2v) is 16.3. The van der Waals surface area contributed by atoms with Gasteiger partial charge in [-0.3, -0.25) is 0 Å². The van der Waals surface area contributed by atoms with Crippen LogP contribution in [0.15, 0.2) is 29.8 Å². The molecule has 2 nitrogen and oxygen atoms in total. The molecule has 0 saturated heterocycles. The van der Waals surface area contributed by atoms with E-state index < -0.39 is 8.32 Å². The van der Waals surface area contributed by atoms with E-state index in [1.807, 2.05) is 0 Å². The molecule has 0 spiro atoms. The highest BCUT2D eigenvalue weighted by molar-refractivity contribution is 6.74. The summed E-state index contributed by atoms with van der Waals surface area (Å²) in [6.07, 6.45) is 9.68. The van der Waals surface area contributed by atoms with E-state index >= 15 is 0 Å². The molecule has 0 bridgehead atoms. The molecule has 4 atom stereocenters. The highest BCUT2D eigenvalue weighted by Gasteiger charge is 2.52. The molecule has 3 aliphatic rings. The summed E-state index contributed by atoms with van der Waals surface area (Å²) in [6, 6.07) is 7.02. The van der Waals surface area contributed by atoms with E-state index in [4.69, 9.17) is 4.43 Å². The first-order valence-electron chi connectivity index (χ1n) is 11.7. The van der Waals surface area contributed by atoms with Gasteiger partial charge in [0.05, 0.1) is 6.61 Å². The van der Waals surface area contributed by atoms with Crippen molar-refractivity contribution in [3.8, 4) is 5.75 Å². The lowest BCUT2D eigenvalue weighted by molar-refractivity contribution is 0.0810. The zero-order valence-electron chi connectivity index (χ0n) is 19.3. The van der Waals surface area contributed by atoms with Crippen LogP contribution < -0.4 is 4.43 Å². The van der Waals surface area contributed by atoms with E-state index in [1.54, 1.807) is 5.56 Å². The minimum atomic E-state index is -1.80. The standard InChI is InChI=1S/C26H40O2Si/c1-25(2,3)29(5,6)28-20-9-11-21-18(17-20)7-10-23-22(21)13-15-26(4)19(14-16-27)8-12-24(23)26/h9,11,14,17,22-24,27H,7-8,10,12-13,15-16H2,1-6H3/b19-14+/t22?,23?,24?,26-/m1/s1. The maximum atomic E-state index is 9.47. The summed E-state index contributed by atoms with van der Waals surface area (Å²) in [7, 11) is -1.80. The van der Waals surface area contributed by atoms with Crippen molar-refractivity contribution in [2.75, 3.05) is 6.61 Å². The molecule has 1 aromatic carbocycles. The molecule has 2 saturated carbocycles. The van der Waals surface area contributed by atoms with Crippen molar-refractivity contribution in [1.29, 1.82) is 0 Å². The molecule has 3 heteroatoms. The van der Waals surface area contributed by atoms with Gasteiger partial charge in [0.25, 0.3) is 0 Å². The van der Waals surface area contributed by atoms with Crippen molar-refractivity contribution in [2.24, 2.45) is 17.3 Å². The Balaban J connectivity index is 1.58. The molecule has 0 aliphatic heterocycles. The van der Waals surface area contributed by atoms with E-state index in [-0.39, 0.29) is 11.6 Å². The molecular weight excluding hydrogens is 372 g/mol. The van der Waals surface area contributed by atoms with Gasteiger partial charge in [0.15, 0.2) is 0 Å². The van der Waals surface area contributed by atoms with E-state index in [2.05, 4.69) is 65.1 Å². The molecule has 29 heavy (non-hydrogen) atoms. The SMILES string of the molecule is CC(C)(C)[Si](C)(C)Oc1ccc2c(c1)CCC1C2CC[C@]2(C)/C(=C/CO)CCC12. The van der Waals surface area contributed by atoms with Crippen LogP contribution in [-0.4, -0.2) is 20.0 Å². The average Bonchev–Trinajstić information content (AvgIpc) is 2.97. The third-order valence-electron chi connectivity index (χ3n) is 9.06. The summed E-state index contributed by atoms with van der Waals surface area (Å²) >= 11 is 0. The summed E-state index contributed by atoms with van der Waals surface area (Å²) in [6.45, 7) is 14.3. The van der Waals surface area contributed by atoms with Crippen LogP contribution in [0.4, 0.5) is 0 Å². The van der Waals surface area contributed by atoms with Crippen LogP contribution >= 0.6 is 0 Å². The lowest BCUT2D eigenvalue weighted by Crippen LogP contribution is -2.44. The average molecular weight is 413 g/mol. The van der Waals surface area contributed by atoms with Gasteiger partial charge >= 0.3 is 0 Å². The van der Waals surface area contributed by atoms with Crippen molar-refractivity contribution < 1.29 is 9.53 Å². The second kappa shape index (κ2) is 7.27. The molecule has 4 rings (SSSR count). The third-order valence-corrected chi connectivity index (χ3v) is 13.4. The number of allylic oxidation sites excluding steroid dienone is 1. The van der Waals surface area contributed by atoms with Gasteiger partial charge in [-0.05, 0) is 103 Å². The largest absolute Gasteiger partial charge is 0.543 e. The van der Waals surface area contributed by atoms with Crippen LogP contribution in [0.3, 0.4) is 0 Å². The second-order valence-electron chi connectivity index (χ2n) is 11.5. The van der Waals surface area contributed by atoms with Gasteiger partial charge in [0.2, 0.25) is 8.32 Å². The molecule has 1 aromatic rings. The monoisotopic (exact) mass is 412 g/mol. The Morgan fingerprint density at radius 1 is 1.17 bits per heavy atom. The minimum Gasteiger partial charge on any atom is -0.543 e. The Kier molecular flexibility index (Phi) is 5.31. The quantitative estimate of drug-likeness (QED) is 0.435. The first-order chi connectivity index (χ1) is 13.6. The van der Waals surface area contributed by atoms with Crippen molar-refractivity contribution in [1.82, 2.24) is 0 Å². The van der Waals surface area contributed by atoms with Gasteiger partial charge in [-0.25, -0.2) is 0 Å². The Hall–Kier alpha value is -1.06. The first kappa shape index (κ1) is 21.2. The van der Waals surface area contributed by atoms with Crippen molar-refractivity contribution in [3.05, 3.63) is 41.0 Å². The molecule has 2 fully saturated rings. The molecule has 0 heterocycles. The van der Waals surface area contributed by atoms with Crippen LogP contribution in [0.1, 0.15) is 76.8 Å². The summed E-state index contributed by atoms with van der Waals surface area (Å²) in [5.41, 5.74) is 5.00. The summed E-state index contributed by atoms with van der Waals surface area (Å²) in [5, 5.41) is 9.69. The van der Waals surface area contributed by atoms with E-state index in [1.165, 1.54) is 49.7 Å². The fourth-order valence-corrected chi connectivity index (χ4v) is 7.39. The van der Waals surface area contributed by atoms with Gasteiger partial charge < -0.3 is 9.53 Å². The molecule has 160 valence electrons.